The van der Waals surface area contributed by atoms with Crippen LogP contribution < -0.4 is 4.90 Å². The van der Waals surface area contributed by atoms with Crippen LogP contribution in [0.3, 0.4) is 0 Å². The molecule has 29 heavy (non-hydrogen) atoms. The lowest BCUT2D eigenvalue weighted by Gasteiger charge is -2.36. The van der Waals surface area contributed by atoms with Crippen LogP contribution >= 0.6 is 0 Å². The van der Waals surface area contributed by atoms with E-state index in [1.807, 2.05) is 23.1 Å². The molecule has 4 rings (SSSR count). The molecule has 1 atom stereocenters. The number of hydrogen-bond donors (Lipinski definition) is 0. The summed E-state index contributed by atoms with van der Waals surface area (Å²) in [5.74, 6) is -0.980. The average molecular weight is 399 g/mol. The zero-order valence-electron chi connectivity index (χ0n) is 16.8. The fourth-order valence-corrected chi connectivity index (χ4v) is 4.65. The average Bonchev–Trinajstić information content (AvgIpc) is 3.42. The van der Waals surface area contributed by atoms with E-state index in [0.29, 0.717) is 19.6 Å². The molecular weight excluding hydrogens is 370 g/mol. The second-order valence-electron chi connectivity index (χ2n) is 8.20. The number of ether oxygens (including phenoxy) is 1. The van der Waals surface area contributed by atoms with Gasteiger partial charge in [-0.05, 0) is 25.0 Å². The SMILES string of the molecule is O=C(OCC(=O)N1CCN(c2ccccc2)CC1)[C@H]1CC(=O)N(C2CCCC2)C1. The molecular formula is C22H29N3O4. The summed E-state index contributed by atoms with van der Waals surface area (Å²) in [5, 5.41) is 0. The van der Waals surface area contributed by atoms with E-state index in [-0.39, 0.29) is 30.9 Å². The van der Waals surface area contributed by atoms with E-state index in [1.165, 1.54) is 0 Å². The number of benzene rings is 1. The number of piperazine rings is 1. The Bertz CT molecular complexity index is 740. The summed E-state index contributed by atoms with van der Waals surface area (Å²) in [6.07, 6.45) is 4.56. The lowest BCUT2D eigenvalue weighted by atomic mass is 10.1. The van der Waals surface area contributed by atoms with Crippen molar-refractivity contribution in [2.24, 2.45) is 5.92 Å². The Morgan fingerprint density at radius 3 is 2.38 bits per heavy atom. The third-order valence-electron chi connectivity index (χ3n) is 6.35. The maximum Gasteiger partial charge on any atom is 0.311 e. The molecule has 0 aromatic heterocycles. The number of rotatable bonds is 5. The first-order chi connectivity index (χ1) is 14.1. The number of nitrogens with zero attached hydrogens (tertiary/aromatic N) is 3. The molecule has 0 radical (unpaired) electrons. The van der Waals surface area contributed by atoms with Gasteiger partial charge in [-0.15, -0.1) is 0 Å². The van der Waals surface area contributed by atoms with Crippen molar-refractivity contribution in [3.63, 3.8) is 0 Å². The number of hydrogen-bond acceptors (Lipinski definition) is 5. The maximum atomic E-state index is 12.5. The van der Waals surface area contributed by atoms with Gasteiger partial charge in [-0.2, -0.15) is 0 Å². The summed E-state index contributed by atoms with van der Waals surface area (Å²) >= 11 is 0. The molecule has 2 saturated heterocycles. The van der Waals surface area contributed by atoms with Crippen LogP contribution in [-0.2, 0) is 19.1 Å². The van der Waals surface area contributed by atoms with Crippen LogP contribution in [0.5, 0.6) is 0 Å². The van der Waals surface area contributed by atoms with Crippen LogP contribution in [0.25, 0.3) is 0 Å². The monoisotopic (exact) mass is 399 g/mol. The quantitative estimate of drug-likeness (QED) is 0.705. The van der Waals surface area contributed by atoms with Gasteiger partial charge >= 0.3 is 5.97 Å². The molecule has 0 N–H and O–H groups in total. The zero-order valence-corrected chi connectivity index (χ0v) is 16.8. The summed E-state index contributed by atoms with van der Waals surface area (Å²) < 4.78 is 5.29. The van der Waals surface area contributed by atoms with E-state index >= 15 is 0 Å². The van der Waals surface area contributed by atoms with Gasteiger partial charge in [-0.3, -0.25) is 14.4 Å². The number of carbonyl (C=O) groups excluding carboxylic acids is 3. The largest absolute Gasteiger partial charge is 0.455 e. The standard InChI is InChI=1S/C22H29N3O4/c26-20-14-17(15-25(20)19-8-4-5-9-19)22(28)29-16-21(27)24-12-10-23(11-13-24)18-6-2-1-3-7-18/h1-3,6-7,17,19H,4-5,8-16H2/t17-/m0/s1. The number of amides is 2. The van der Waals surface area contributed by atoms with Crippen molar-refractivity contribution in [1.29, 1.82) is 0 Å². The number of carbonyl (C=O) groups is 3. The highest BCUT2D eigenvalue weighted by molar-refractivity contribution is 5.88. The highest BCUT2D eigenvalue weighted by Crippen LogP contribution is 2.29. The first kappa shape index (κ1) is 19.7. The first-order valence-electron chi connectivity index (χ1n) is 10.7. The van der Waals surface area contributed by atoms with E-state index in [1.54, 1.807) is 4.90 Å². The fraction of sp³-hybridized carbons (Fsp3) is 0.591. The van der Waals surface area contributed by atoms with Gasteiger partial charge in [0, 0.05) is 50.9 Å². The predicted molar refractivity (Wildman–Crippen MR) is 108 cm³/mol. The van der Waals surface area contributed by atoms with Crippen LogP contribution in [0.2, 0.25) is 0 Å². The normalized spacial score (nSPS) is 23.0. The second-order valence-corrected chi connectivity index (χ2v) is 8.20. The minimum absolute atomic E-state index is 0.0437. The van der Waals surface area contributed by atoms with Crippen molar-refractivity contribution >= 4 is 23.5 Å². The van der Waals surface area contributed by atoms with Gasteiger partial charge in [0.05, 0.1) is 5.92 Å². The van der Waals surface area contributed by atoms with Crippen molar-refractivity contribution in [3.8, 4) is 0 Å². The van der Waals surface area contributed by atoms with E-state index in [4.69, 9.17) is 4.74 Å². The van der Waals surface area contributed by atoms with E-state index in [9.17, 15) is 14.4 Å². The summed E-state index contributed by atoms with van der Waals surface area (Å²) in [6, 6.07) is 10.4. The summed E-state index contributed by atoms with van der Waals surface area (Å²) in [4.78, 5) is 42.9. The summed E-state index contributed by atoms with van der Waals surface area (Å²) in [5.41, 5.74) is 1.16. The maximum absolute atomic E-state index is 12.5. The van der Waals surface area contributed by atoms with E-state index < -0.39 is 11.9 Å². The molecule has 0 bridgehead atoms. The third-order valence-corrected chi connectivity index (χ3v) is 6.35. The number of anilines is 1. The predicted octanol–water partition coefficient (Wildman–Crippen LogP) is 1.67. The zero-order chi connectivity index (χ0) is 20.2. The molecule has 0 unspecified atom stereocenters. The van der Waals surface area contributed by atoms with Crippen molar-refractivity contribution in [2.75, 3.05) is 44.2 Å². The second kappa shape index (κ2) is 8.84. The summed E-state index contributed by atoms with van der Waals surface area (Å²) in [6.45, 7) is 2.95. The van der Waals surface area contributed by atoms with E-state index in [2.05, 4.69) is 17.0 Å². The highest BCUT2D eigenvalue weighted by Gasteiger charge is 2.39. The third kappa shape index (κ3) is 4.54. The molecule has 2 aliphatic heterocycles. The molecule has 7 nitrogen and oxygen atoms in total. The molecule has 2 amide bonds. The number of para-hydroxylation sites is 1. The molecule has 3 aliphatic rings. The van der Waals surface area contributed by atoms with Crippen molar-refractivity contribution in [1.82, 2.24) is 9.80 Å². The smallest absolute Gasteiger partial charge is 0.311 e. The van der Waals surface area contributed by atoms with Gasteiger partial charge in [0.2, 0.25) is 5.91 Å². The Hall–Kier alpha value is -2.57. The van der Waals surface area contributed by atoms with Crippen LogP contribution in [0, 0.1) is 5.92 Å². The molecule has 2 heterocycles. The van der Waals surface area contributed by atoms with Gasteiger partial charge in [0.25, 0.3) is 5.91 Å². The Balaban J connectivity index is 1.21. The number of esters is 1. The van der Waals surface area contributed by atoms with Gasteiger partial charge in [-0.1, -0.05) is 31.0 Å². The van der Waals surface area contributed by atoms with Crippen molar-refractivity contribution < 1.29 is 19.1 Å². The topological polar surface area (TPSA) is 70.2 Å². The van der Waals surface area contributed by atoms with Gasteiger partial charge < -0.3 is 19.4 Å². The van der Waals surface area contributed by atoms with Crippen LogP contribution in [0.4, 0.5) is 5.69 Å². The minimum Gasteiger partial charge on any atom is -0.455 e. The van der Waals surface area contributed by atoms with Gasteiger partial charge in [0.1, 0.15) is 0 Å². The van der Waals surface area contributed by atoms with E-state index in [0.717, 1.165) is 44.5 Å². The van der Waals surface area contributed by atoms with Crippen molar-refractivity contribution in [3.05, 3.63) is 30.3 Å². The van der Waals surface area contributed by atoms with Crippen LogP contribution in [0.15, 0.2) is 30.3 Å². The molecule has 1 saturated carbocycles. The van der Waals surface area contributed by atoms with Gasteiger partial charge in [0.15, 0.2) is 6.61 Å². The Morgan fingerprint density at radius 2 is 1.69 bits per heavy atom. The lowest BCUT2D eigenvalue weighted by Crippen LogP contribution is -2.50. The molecule has 1 aliphatic carbocycles. The Labute approximate surface area is 171 Å². The lowest BCUT2D eigenvalue weighted by molar-refractivity contribution is -0.155. The van der Waals surface area contributed by atoms with Crippen LogP contribution in [-0.4, -0.2) is 73.0 Å². The Morgan fingerprint density at radius 1 is 1.00 bits per heavy atom. The molecule has 1 aromatic carbocycles. The molecule has 156 valence electrons. The summed E-state index contributed by atoms with van der Waals surface area (Å²) in [7, 11) is 0. The fourth-order valence-electron chi connectivity index (χ4n) is 4.65. The Kier molecular flexibility index (Phi) is 6.02. The molecule has 0 spiro atoms. The first-order valence-corrected chi connectivity index (χ1v) is 10.7. The van der Waals surface area contributed by atoms with Crippen molar-refractivity contribution in [2.45, 2.75) is 38.1 Å². The minimum atomic E-state index is -0.439. The number of likely N-dealkylation sites (tertiary alicyclic amines) is 1. The molecule has 1 aromatic rings. The highest BCUT2D eigenvalue weighted by atomic mass is 16.5. The van der Waals surface area contributed by atoms with Crippen LogP contribution in [0.1, 0.15) is 32.1 Å². The molecule has 7 heteroatoms. The van der Waals surface area contributed by atoms with Gasteiger partial charge in [-0.25, -0.2) is 0 Å². The molecule has 3 fully saturated rings.